The molecule has 0 aliphatic heterocycles. The zero-order valence-corrected chi connectivity index (χ0v) is 15.3. The Hall–Kier alpha value is -0.870. The van der Waals surface area contributed by atoms with E-state index >= 15 is 0 Å². The van der Waals surface area contributed by atoms with E-state index in [0.717, 1.165) is 43.3 Å². The topological polar surface area (TPSA) is 32.3 Å². The maximum absolute atomic E-state index is 6.32. The Labute approximate surface area is 134 Å². The van der Waals surface area contributed by atoms with E-state index in [1.54, 1.807) is 0 Å². The van der Waals surface area contributed by atoms with E-state index in [-0.39, 0.29) is 5.41 Å². The highest BCUT2D eigenvalue weighted by molar-refractivity contribution is 6.30. The van der Waals surface area contributed by atoms with Crippen LogP contribution in [0.25, 0.3) is 0 Å². The second-order valence-electron chi connectivity index (χ2n) is 6.77. The molecule has 0 saturated heterocycles. The maximum atomic E-state index is 6.32. The fourth-order valence-corrected chi connectivity index (χ4v) is 2.28. The van der Waals surface area contributed by atoms with Crippen molar-refractivity contribution in [1.29, 1.82) is 0 Å². The number of rotatable bonds is 6. The number of aromatic nitrogens is 2. The summed E-state index contributed by atoms with van der Waals surface area (Å²) in [4.78, 5) is 13.7. The highest BCUT2D eigenvalue weighted by Gasteiger charge is 2.22. The van der Waals surface area contributed by atoms with Crippen LogP contribution in [0.5, 0.6) is 0 Å². The first-order valence-electron chi connectivity index (χ1n) is 7.61. The smallest absolute Gasteiger partial charge is 0.137 e. The van der Waals surface area contributed by atoms with Gasteiger partial charge in [-0.2, -0.15) is 0 Å². The van der Waals surface area contributed by atoms with Crippen LogP contribution in [-0.4, -0.2) is 48.6 Å². The predicted molar refractivity (Wildman–Crippen MR) is 91.5 cm³/mol. The van der Waals surface area contributed by atoms with Gasteiger partial charge in [0.15, 0.2) is 0 Å². The molecule has 0 unspecified atom stereocenters. The lowest BCUT2D eigenvalue weighted by molar-refractivity contribution is 0.400. The van der Waals surface area contributed by atoms with E-state index in [0.29, 0.717) is 5.15 Å². The van der Waals surface area contributed by atoms with E-state index in [4.69, 9.17) is 16.6 Å². The van der Waals surface area contributed by atoms with Crippen molar-refractivity contribution >= 4 is 17.4 Å². The van der Waals surface area contributed by atoms with Crippen molar-refractivity contribution in [2.45, 2.75) is 46.5 Å². The molecule has 4 nitrogen and oxygen atoms in total. The van der Waals surface area contributed by atoms with Crippen LogP contribution in [0.3, 0.4) is 0 Å². The second kappa shape index (κ2) is 7.41. The SMILES string of the molecule is CCN(CCCN(C)C)c1nc(C(C)(C)C)nc(Cl)c1C. The van der Waals surface area contributed by atoms with Gasteiger partial charge in [-0.3, -0.25) is 0 Å². The lowest BCUT2D eigenvalue weighted by atomic mass is 9.95. The molecular weight excluding hydrogens is 284 g/mol. The van der Waals surface area contributed by atoms with Crippen LogP contribution in [0.15, 0.2) is 0 Å². The quantitative estimate of drug-likeness (QED) is 0.752. The molecule has 1 aromatic heterocycles. The minimum Gasteiger partial charge on any atom is -0.356 e. The monoisotopic (exact) mass is 312 g/mol. The minimum absolute atomic E-state index is 0.102. The molecule has 0 atom stereocenters. The molecule has 0 amide bonds. The van der Waals surface area contributed by atoms with Crippen LogP contribution >= 0.6 is 11.6 Å². The fourth-order valence-electron chi connectivity index (χ4n) is 2.11. The number of anilines is 1. The van der Waals surface area contributed by atoms with Crippen molar-refractivity contribution in [1.82, 2.24) is 14.9 Å². The van der Waals surface area contributed by atoms with Crippen molar-refractivity contribution in [3.8, 4) is 0 Å². The third kappa shape index (κ3) is 5.11. The Morgan fingerprint density at radius 1 is 1.10 bits per heavy atom. The van der Waals surface area contributed by atoms with Gasteiger partial charge in [0.05, 0.1) is 0 Å². The first-order chi connectivity index (χ1) is 9.66. The Morgan fingerprint density at radius 2 is 1.71 bits per heavy atom. The van der Waals surface area contributed by atoms with Gasteiger partial charge in [-0.15, -0.1) is 0 Å². The normalized spacial score (nSPS) is 12.0. The van der Waals surface area contributed by atoms with Gasteiger partial charge < -0.3 is 9.80 Å². The summed E-state index contributed by atoms with van der Waals surface area (Å²) in [6.45, 7) is 13.5. The zero-order chi connectivity index (χ0) is 16.2. The average molecular weight is 313 g/mol. The molecule has 0 spiro atoms. The van der Waals surface area contributed by atoms with Gasteiger partial charge in [-0.05, 0) is 40.9 Å². The molecule has 0 aliphatic carbocycles. The van der Waals surface area contributed by atoms with Crippen LogP contribution in [0.4, 0.5) is 5.82 Å². The Bertz CT molecular complexity index is 466. The van der Waals surface area contributed by atoms with Gasteiger partial charge in [-0.1, -0.05) is 32.4 Å². The summed E-state index contributed by atoms with van der Waals surface area (Å²) in [6.07, 6.45) is 1.10. The highest BCUT2D eigenvalue weighted by atomic mass is 35.5. The molecule has 120 valence electrons. The minimum atomic E-state index is -0.102. The molecule has 0 N–H and O–H groups in total. The average Bonchev–Trinajstić information content (AvgIpc) is 2.36. The van der Waals surface area contributed by atoms with E-state index in [2.05, 4.69) is 56.6 Å². The maximum Gasteiger partial charge on any atom is 0.137 e. The summed E-state index contributed by atoms with van der Waals surface area (Å²) in [7, 11) is 4.20. The second-order valence-corrected chi connectivity index (χ2v) is 7.13. The number of nitrogens with zero attached hydrogens (tertiary/aromatic N) is 4. The standard InChI is InChI=1S/C16H29ClN4/c1-8-21(11-9-10-20(6)7)14-12(2)13(17)18-15(19-14)16(3,4)5/h8-11H2,1-7H3. The largest absolute Gasteiger partial charge is 0.356 e. The molecule has 0 fully saturated rings. The predicted octanol–water partition coefficient (Wildman–Crippen LogP) is 3.51. The summed E-state index contributed by atoms with van der Waals surface area (Å²) in [5.74, 6) is 1.78. The lowest BCUT2D eigenvalue weighted by Gasteiger charge is -2.27. The molecule has 0 aliphatic rings. The molecule has 5 heteroatoms. The van der Waals surface area contributed by atoms with Crippen LogP contribution in [0.1, 0.15) is 45.5 Å². The zero-order valence-electron chi connectivity index (χ0n) is 14.5. The summed E-state index contributed by atoms with van der Waals surface area (Å²) in [5, 5.41) is 0.566. The number of halogens is 1. The molecular formula is C16H29ClN4. The summed E-state index contributed by atoms with van der Waals surface area (Å²) < 4.78 is 0. The highest BCUT2D eigenvalue weighted by Crippen LogP contribution is 2.28. The van der Waals surface area contributed by atoms with Gasteiger partial charge in [0.25, 0.3) is 0 Å². The van der Waals surface area contributed by atoms with Gasteiger partial charge in [0, 0.05) is 24.1 Å². The van der Waals surface area contributed by atoms with Crippen molar-refractivity contribution in [3.05, 3.63) is 16.5 Å². The van der Waals surface area contributed by atoms with Crippen LogP contribution in [-0.2, 0) is 5.41 Å². The Balaban J connectivity index is 3.05. The Kier molecular flexibility index (Phi) is 6.41. The van der Waals surface area contributed by atoms with Crippen molar-refractivity contribution < 1.29 is 0 Å². The molecule has 0 radical (unpaired) electrons. The molecule has 0 aromatic carbocycles. The third-order valence-electron chi connectivity index (χ3n) is 3.45. The molecule has 1 heterocycles. The van der Waals surface area contributed by atoms with E-state index in [1.807, 2.05) is 6.92 Å². The lowest BCUT2D eigenvalue weighted by Crippen LogP contribution is -2.30. The van der Waals surface area contributed by atoms with Crippen molar-refractivity contribution in [2.75, 3.05) is 38.6 Å². The third-order valence-corrected chi connectivity index (χ3v) is 3.81. The Morgan fingerprint density at radius 3 is 2.19 bits per heavy atom. The molecule has 1 rings (SSSR count). The first-order valence-corrected chi connectivity index (χ1v) is 7.99. The van der Waals surface area contributed by atoms with E-state index < -0.39 is 0 Å². The van der Waals surface area contributed by atoms with Crippen LogP contribution < -0.4 is 4.90 Å². The van der Waals surface area contributed by atoms with Crippen LogP contribution in [0, 0.1) is 6.92 Å². The molecule has 0 bridgehead atoms. The van der Waals surface area contributed by atoms with Gasteiger partial charge in [0.1, 0.15) is 16.8 Å². The van der Waals surface area contributed by atoms with E-state index in [9.17, 15) is 0 Å². The van der Waals surface area contributed by atoms with E-state index in [1.165, 1.54) is 0 Å². The summed E-state index contributed by atoms with van der Waals surface area (Å²) >= 11 is 6.32. The molecule has 21 heavy (non-hydrogen) atoms. The molecule has 1 aromatic rings. The first kappa shape index (κ1) is 18.2. The summed E-state index contributed by atoms with van der Waals surface area (Å²) in [5.41, 5.74) is 0.867. The van der Waals surface area contributed by atoms with Gasteiger partial charge in [-0.25, -0.2) is 9.97 Å². The fraction of sp³-hybridized carbons (Fsp3) is 0.750. The van der Waals surface area contributed by atoms with Crippen molar-refractivity contribution in [2.24, 2.45) is 0 Å². The number of hydrogen-bond acceptors (Lipinski definition) is 4. The number of hydrogen-bond donors (Lipinski definition) is 0. The van der Waals surface area contributed by atoms with Crippen molar-refractivity contribution in [3.63, 3.8) is 0 Å². The van der Waals surface area contributed by atoms with Gasteiger partial charge >= 0.3 is 0 Å². The van der Waals surface area contributed by atoms with Gasteiger partial charge in [0.2, 0.25) is 0 Å². The molecule has 0 saturated carbocycles. The van der Waals surface area contributed by atoms with Crippen LogP contribution in [0.2, 0.25) is 5.15 Å². The summed E-state index contributed by atoms with van der Waals surface area (Å²) in [6, 6.07) is 0.